The van der Waals surface area contributed by atoms with E-state index in [1.54, 1.807) is 12.1 Å². The lowest BCUT2D eigenvalue weighted by atomic mass is 9.79. The summed E-state index contributed by atoms with van der Waals surface area (Å²) < 4.78 is 0. The highest BCUT2D eigenvalue weighted by atomic mass is 16.3. The van der Waals surface area contributed by atoms with Gasteiger partial charge in [-0.05, 0) is 36.8 Å². The van der Waals surface area contributed by atoms with E-state index >= 15 is 0 Å². The van der Waals surface area contributed by atoms with Crippen LogP contribution in [-0.2, 0) is 0 Å². The van der Waals surface area contributed by atoms with Crippen LogP contribution >= 0.6 is 0 Å². The van der Waals surface area contributed by atoms with Gasteiger partial charge in [0.15, 0.2) is 0 Å². The van der Waals surface area contributed by atoms with Crippen molar-refractivity contribution in [2.45, 2.75) is 25.7 Å². The number of aliphatic hydroxyl groups excluding tert-OH is 1. The van der Waals surface area contributed by atoms with E-state index in [1.807, 2.05) is 12.1 Å². The number of hydrogen-bond donors (Lipinski definition) is 3. The summed E-state index contributed by atoms with van der Waals surface area (Å²) in [5.41, 5.74) is 0.951. The lowest BCUT2D eigenvalue weighted by Crippen LogP contribution is -2.28. The molecule has 3 nitrogen and oxygen atoms in total. The summed E-state index contributed by atoms with van der Waals surface area (Å²) in [4.78, 5) is 0. The lowest BCUT2D eigenvalue weighted by Gasteiger charge is -2.30. The number of phenols is 1. The van der Waals surface area contributed by atoms with Gasteiger partial charge < -0.3 is 15.5 Å². The van der Waals surface area contributed by atoms with Crippen LogP contribution < -0.4 is 5.32 Å². The summed E-state index contributed by atoms with van der Waals surface area (Å²) in [5.74, 6) is 1.28. The molecule has 1 fully saturated rings. The molecule has 3 heteroatoms. The van der Waals surface area contributed by atoms with Crippen LogP contribution in [0.4, 0.5) is 5.69 Å². The fourth-order valence-electron chi connectivity index (χ4n) is 2.66. The van der Waals surface area contributed by atoms with Gasteiger partial charge in [-0.15, -0.1) is 0 Å². The van der Waals surface area contributed by atoms with Gasteiger partial charge in [0.25, 0.3) is 0 Å². The minimum Gasteiger partial charge on any atom is -0.508 e. The van der Waals surface area contributed by atoms with Gasteiger partial charge in [-0.3, -0.25) is 0 Å². The first-order valence-electron chi connectivity index (χ1n) is 6.43. The highest BCUT2D eigenvalue weighted by Crippen LogP contribution is 2.30. The molecule has 1 aliphatic carbocycles. The predicted octanol–water partition coefficient (Wildman–Crippen LogP) is 2.60. The Morgan fingerprint density at radius 2 is 1.94 bits per heavy atom. The van der Waals surface area contributed by atoms with Crippen molar-refractivity contribution in [3.63, 3.8) is 0 Å². The van der Waals surface area contributed by atoms with E-state index in [9.17, 15) is 10.2 Å². The molecule has 0 spiro atoms. The monoisotopic (exact) mass is 235 g/mol. The third kappa shape index (κ3) is 3.37. The summed E-state index contributed by atoms with van der Waals surface area (Å²) in [6, 6.07) is 7.19. The van der Waals surface area contributed by atoms with E-state index in [0.29, 0.717) is 18.4 Å². The number of aromatic hydroxyl groups is 1. The average Bonchev–Trinajstić information content (AvgIpc) is 2.37. The first kappa shape index (κ1) is 12.2. The first-order chi connectivity index (χ1) is 8.29. The Morgan fingerprint density at radius 3 is 2.65 bits per heavy atom. The predicted molar refractivity (Wildman–Crippen MR) is 69.1 cm³/mol. The first-order valence-corrected chi connectivity index (χ1v) is 6.43. The highest BCUT2D eigenvalue weighted by Gasteiger charge is 2.23. The van der Waals surface area contributed by atoms with Gasteiger partial charge in [0.1, 0.15) is 5.75 Å². The smallest absolute Gasteiger partial charge is 0.117 e. The Labute approximate surface area is 102 Å². The molecule has 2 atom stereocenters. The maximum atomic E-state index is 9.37. The summed E-state index contributed by atoms with van der Waals surface area (Å²) in [6.07, 6.45) is 4.84. The Morgan fingerprint density at radius 1 is 1.18 bits per heavy atom. The summed E-state index contributed by atoms with van der Waals surface area (Å²) in [7, 11) is 0. The number of hydrogen-bond acceptors (Lipinski definition) is 3. The Balaban J connectivity index is 1.88. The molecule has 0 saturated heterocycles. The van der Waals surface area contributed by atoms with Crippen LogP contribution in [0.2, 0.25) is 0 Å². The molecule has 0 aliphatic heterocycles. The third-order valence-corrected chi connectivity index (χ3v) is 3.72. The van der Waals surface area contributed by atoms with Crippen molar-refractivity contribution < 1.29 is 10.2 Å². The van der Waals surface area contributed by atoms with E-state index in [-0.39, 0.29) is 5.75 Å². The van der Waals surface area contributed by atoms with Crippen LogP contribution in [0.1, 0.15) is 25.7 Å². The molecule has 0 radical (unpaired) electrons. The van der Waals surface area contributed by atoms with E-state index in [4.69, 9.17) is 0 Å². The molecule has 0 bridgehead atoms. The number of aliphatic hydroxyl groups is 1. The van der Waals surface area contributed by atoms with Gasteiger partial charge in [-0.25, -0.2) is 0 Å². The van der Waals surface area contributed by atoms with Crippen LogP contribution in [0.5, 0.6) is 5.75 Å². The summed E-state index contributed by atoms with van der Waals surface area (Å²) in [5, 5.41) is 22.1. The van der Waals surface area contributed by atoms with Gasteiger partial charge in [-0.2, -0.15) is 0 Å². The lowest BCUT2D eigenvalue weighted by molar-refractivity contribution is 0.141. The molecule has 1 aliphatic rings. The maximum Gasteiger partial charge on any atom is 0.117 e. The second-order valence-electron chi connectivity index (χ2n) is 4.92. The molecule has 17 heavy (non-hydrogen) atoms. The number of benzene rings is 1. The zero-order chi connectivity index (χ0) is 12.1. The molecule has 1 saturated carbocycles. The van der Waals surface area contributed by atoms with E-state index in [1.165, 1.54) is 19.3 Å². The molecular formula is C14H21NO2. The largest absolute Gasteiger partial charge is 0.508 e. The second kappa shape index (κ2) is 5.92. The molecule has 0 amide bonds. The van der Waals surface area contributed by atoms with E-state index in [2.05, 4.69) is 5.32 Å². The van der Waals surface area contributed by atoms with Crippen molar-refractivity contribution in [2.24, 2.45) is 11.8 Å². The van der Waals surface area contributed by atoms with Crippen molar-refractivity contribution in [2.75, 3.05) is 18.5 Å². The Kier molecular flexibility index (Phi) is 4.26. The van der Waals surface area contributed by atoms with Gasteiger partial charge in [-0.1, -0.05) is 18.9 Å². The number of nitrogens with one attached hydrogen (secondary N) is 1. The van der Waals surface area contributed by atoms with Gasteiger partial charge >= 0.3 is 0 Å². The average molecular weight is 235 g/mol. The maximum absolute atomic E-state index is 9.37. The normalized spacial score (nSPS) is 24.5. The molecular weight excluding hydrogens is 214 g/mol. The summed E-state index contributed by atoms with van der Waals surface area (Å²) in [6.45, 7) is 1.18. The van der Waals surface area contributed by atoms with Crippen LogP contribution in [0, 0.1) is 11.8 Å². The third-order valence-electron chi connectivity index (χ3n) is 3.72. The Hall–Kier alpha value is -1.22. The van der Waals surface area contributed by atoms with Crippen molar-refractivity contribution in [1.29, 1.82) is 0 Å². The van der Waals surface area contributed by atoms with Crippen LogP contribution in [0.3, 0.4) is 0 Å². The minimum absolute atomic E-state index is 0.289. The SMILES string of the molecule is OCC1CCCCC1CNc1cccc(O)c1. The number of anilines is 1. The summed E-state index contributed by atoms with van der Waals surface area (Å²) >= 11 is 0. The topological polar surface area (TPSA) is 52.5 Å². The molecule has 1 aromatic carbocycles. The minimum atomic E-state index is 0.289. The van der Waals surface area contributed by atoms with Gasteiger partial charge in [0.05, 0.1) is 0 Å². The second-order valence-corrected chi connectivity index (χ2v) is 4.92. The zero-order valence-corrected chi connectivity index (χ0v) is 10.1. The number of phenolic OH excluding ortho intramolecular Hbond substituents is 1. The zero-order valence-electron chi connectivity index (χ0n) is 10.1. The molecule has 2 rings (SSSR count). The fourth-order valence-corrected chi connectivity index (χ4v) is 2.66. The van der Waals surface area contributed by atoms with Crippen molar-refractivity contribution in [3.05, 3.63) is 24.3 Å². The molecule has 3 N–H and O–H groups in total. The van der Waals surface area contributed by atoms with Crippen molar-refractivity contribution in [3.8, 4) is 5.75 Å². The van der Waals surface area contributed by atoms with Gasteiger partial charge in [0.2, 0.25) is 0 Å². The van der Waals surface area contributed by atoms with Crippen molar-refractivity contribution >= 4 is 5.69 Å². The standard InChI is InChI=1S/C14H21NO2/c16-10-12-5-2-1-4-11(12)9-15-13-6-3-7-14(17)8-13/h3,6-8,11-12,15-17H,1-2,4-5,9-10H2. The van der Waals surface area contributed by atoms with Crippen LogP contribution in [0.25, 0.3) is 0 Å². The number of rotatable bonds is 4. The van der Waals surface area contributed by atoms with Crippen LogP contribution in [0.15, 0.2) is 24.3 Å². The van der Waals surface area contributed by atoms with Crippen molar-refractivity contribution in [1.82, 2.24) is 0 Å². The molecule has 1 aromatic rings. The Bertz CT molecular complexity index is 354. The fraction of sp³-hybridized carbons (Fsp3) is 0.571. The van der Waals surface area contributed by atoms with E-state index < -0.39 is 0 Å². The molecule has 0 heterocycles. The van der Waals surface area contributed by atoms with E-state index in [0.717, 1.165) is 18.7 Å². The quantitative estimate of drug-likeness (QED) is 0.752. The van der Waals surface area contributed by atoms with Gasteiger partial charge in [0, 0.05) is 24.9 Å². The molecule has 0 aromatic heterocycles. The van der Waals surface area contributed by atoms with Crippen LogP contribution in [-0.4, -0.2) is 23.4 Å². The molecule has 2 unspecified atom stereocenters. The highest BCUT2D eigenvalue weighted by molar-refractivity contribution is 5.47. The molecule has 94 valence electrons.